The molecule has 0 fully saturated rings. The minimum atomic E-state index is 0.0230. The molecule has 3 N–H and O–H groups in total. The Balaban J connectivity index is 2.90. The van der Waals surface area contributed by atoms with Crippen molar-refractivity contribution in [1.82, 2.24) is 15.2 Å². The number of rotatable bonds is 6. The van der Waals surface area contributed by atoms with Crippen LogP contribution in [0.3, 0.4) is 0 Å². The average molecular weight is 266 g/mol. The number of nitrogens with two attached hydrogens (primary N) is 1. The Labute approximate surface area is 113 Å². The fourth-order valence-corrected chi connectivity index (χ4v) is 1.76. The lowest BCUT2D eigenvalue weighted by molar-refractivity contribution is 0.316. The van der Waals surface area contributed by atoms with Crippen LogP contribution in [-0.2, 0) is 12.8 Å². The number of oxime groups is 1. The van der Waals surface area contributed by atoms with Crippen LogP contribution in [0.5, 0.6) is 0 Å². The lowest BCUT2D eigenvalue weighted by Crippen LogP contribution is -2.34. The number of nitrogens with zero attached hydrogens (tertiary/aromatic N) is 5. The molecule has 0 aliphatic rings. The quantitative estimate of drug-likeness (QED) is 0.344. The van der Waals surface area contributed by atoms with E-state index >= 15 is 0 Å². The summed E-state index contributed by atoms with van der Waals surface area (Å²) >= 11 is 0. The van der Waals surface area contributed by atoms with E-state index in [2.05, 4.69) is 20.3 Å². The molecule has 0 aliphatic heterocycles. The molecule has 1 rings (SSSR count). The molecule has 0 saturated carbocycles. The summed E-state index contributed by atoms with van der Waals surface area (Å²) < 4.78 is 0. The summed E-state index contributed by atoms with van der Waals surface area (Å²) in [6.45, 7) is 6.04. The standard InChI is InChI=1S/C12H22N6O/c1-5-9-10(6-2)15-16-12(14-9)18(4)8(3)7-11(13)17-19/h8,19H,5-7H2,1-4H3,(H2,13,17). The molecule has 106 valence electrons. The fraction of sp³-hybridized carbons (Fsp3) is 0.667. The van der Waals surface area contributed by atoms with Gasteiger partial charge in [-0.05, 0) is 19.8 Å². The zero-order valence-corrected chi connectivity index (χ0v) is 12.0. The van der Waals surface area contributed by atoms with Crippen LogP contribution in [0.25, 0.3) is 0 Å². The Hall–Kier alpha value is -1.92. The van der Waals surface area contributed by atoms with E-state index in [-0.39, 0.29) is 11.9 Å². The Morgan fingerprint density at radius 2 is 1.95 bits per heavy atom. The molecular weight excluding hydrogens is 244 g/mol. The highest BCUT2D eigenvalue weighted by molar-refractivity contribution is 5.80. The van der Waals surface area contributed by atoms with E-state index in [0.29, 0.717) is 12.4 Å². The highest BCUT2D eigenvalue weighted by Gasteiger charge is 2.16. The van der Waals surface area contributed by atoms with Crippen LogP contribution < -0.4 is 10.6 Å². The first-order chi connectivity index (χ1) is 9.03. The van der Waals surface area contributed by atoms with Crippen LogP contribution in [0.15, 0.2) is 5.16 Å². The van der Waals surface area contributed by atoms with Crippen molar-refractivity contribution in [1.29, 1.82) is 0 Å². The van der Waals surface area contributed by atoms with Gasteiger partial charge < -0.3 is 15.8 Å². The summed E-state index contributed by atoms with van der Waals surface area (Å²) in [6.07, 6.45) is 2.09. The second-order valence-corrected chi connectivity index (χ2v) is 4.47. The number of aryl methyl sites for hydroxylation is 2. The Kier molecular flexibility index (Phi) is 5.47. The molecular formula is C12H22N6O. The predicted molar refractivity (Wildman–Crippen MR) is 74.5 cm³/mol. The largest absolute Gasteiger partial charge is 0.409 e. The average Bonchev–Trinajstić information content (AvgIpc) is 2.45. The maximum absolute atomic E-state index is 8.59. The lowest BCUT2D eigenvalue weighted by Gasteiger charge is -2.24. The van der Waals surface area contributed by atoms with Crippen molar-refractivity contribution in [2.24, 2.45) is 10.9 Å². The normalized spacial score (nSPS) is 13.4. The van der Waals surface area contributed by atoms with Crippen LogP contribution >= 0.6 is 0 Å². The molecule has 0 spiro atoms. The number of anilines is 1. The van der Waals surface area contributed by atoms with Gasteiger partial charge in [-0.3, -0.25) is 0 Å². The van der Waals surface area contributed by atoms with Crippen LogP contribution in [-0.4, -0.2) is 39.3 Å². The Bertz CT molecular complexity index is 448. The molecule has 1 unspecified atom stereocenters. The zero-order valence-electron chi connectivity index (χ0n) is 12.0. The summed E-state index contributed by atoms with van der Waals surface area (Å²) in [7, 11) is 1.87. The second kappa shape index (κ2) is 6.86. The van der Waals surface area contributed by atoms with Crippen molar-refractivity contribution in [3.05, 3.63) is 11.4 Å². The first kappa shape index (κ1) is 15.1. The second-order valence-electron chi connectivity index (χ2n) is 4.47. The number of hydrogen-bond acceptors (Lipinski definition) is 6. The van der Waals surface area contributed by atoms with Crippen molar-refractivity contribution in [2.45, 2.75) is 46.1 Å². The van der Waals surface area contributed by atoms with Crippen molar-refractivity contribution in [3.63, 3.8) is 0 Å². The predicted octanol–water partition coefficient (Wildman–Crippen LogP) is 0.958. The first-order valence-electron chi connectivity index (χ1n) is 6.45. The van der Waals surface area contributed by atoms with Crippen molar-refractivity contribution in [2.75, 3.05) is 11.9 Å². The van der Waals surface area contributed by atoms with Crippen LogP contribution in [0.2, 0.25) is 0 Å². The maximum atomic E-state index is 8.59. The smallest absolute Gasteiger partial charge is 0.245 e. The van der Waals surface area contributed by atoms with Gasteiger partial charge in [-0.1, -0.05) is 19.0 Å². The van der Waals surface area contributed by atoms with Gasteiger partial charge in [0.15, 0.2) is 0 Å². The van der Waals surface area contributed by atoms with Gasteiger partial charge in [0.2, 0.25) is 5.95 Å². The Morgan fingerprint density at radius 3 is 2.47 bits per heavy atom. The van der Waals surface area contributed by atoms with E-state index in [1.165, 1.54) is 0 Å². The third-order valence-corrected chi connectivity index (χ3v) is 3.11. The minimum Gasteiger partial charge on any atom is -0.409 e. The third-order valence-electron chi connectivity index (χ3n) is 3.11. The molecule has 0 aromatic carbocycles. The van der Waals surface area contributed by atoms with Gasteiger partial charge in [0, 0.05) is 19.5 Å². The molecule has 19 heavy (non-hydrogen) atoms. The van der Waals surface area contributed by atoms with E-state index in [4.69, 9.17) is 10.9 Å². The highest BCUT2D eigenvalue weighted by Crippen LogP contribution is 2.13. The molecule has 1 atom stereocenters. The van der Waals surface area contributed by atoms with Gasteiger partial charge in [-0.25, -0.2) is 4.98 Å². The molecule has 1 aromatic rings. The summed E-state index contributed by atoms with van der Waals surface area (Å²) in [6, 6.07) is 0.0230. The SMILES string of the molecule is CCc1nnc(N(C)C(C)CC(N)=NO)nc1CC. The van der Waals surface area contributed by atoms with Crippen LogP contribution in [0.1, 0.15) is 38.6 Å². The number of amidine groups is 1. The highest BCUT2D eigenvalue weighted by atomic mass is 16.4. The molecule has 0 aliphatic carbocycles. The molecule has 0 amide bonds. The van der Waals surface area contributed by atoms with E-state index in [0.717, 1.165) is 24.2 Å². The number of hydrogen-bond donors (Lipinski definition) is 2. The van der Waals surface area contributed by atoms with E-state index < -0.39 is 0 Å². The van der Waals surface area contributed by atoms with E-state index in [1.54, 1.807) is 0 Å². The van der Waals surface area contributed by atoms with Crippen LogP contribution in [0, 0.1) is 0 Å². The zero-order chi connectivity index (χ0) is 14.4. The fourth-order valence-electron chi connectivity index (χ4n) is 1.76. The van der Waals surface area contributed by atoms with Crippen LogP contribution in [0.4, 0.5) is 5.95 Å². The minimum absolute atomic E-state index is 0.0230. The maximum Gasteiger partial charge on any atom is 0.245 e. The summed E-state index contributed by atoms with van der Waals surface area (Å²) in [5.74, 6) is 0.750. The molecule has 7 nitrogen and oxygen atoms in total. The van der Waals surface area contributed by atoms with E-state index in [9.17, 15) is 0 Å². The van der Waals surface area contributed by atoms with Gasteiger partial charge in [-0.2, -0.15) is 5.10 Å². The molecule has 0 bridgehead atoms. The van der Waals surface area contributed by atoms with Gasteiger partial charge >= 0.3 is 0 Å². The van der Waals surface area contributed by atoms with E-state index in [1.807, 2.05) is 32.7 Å². The van der Waals surface area contributed by atoms with Crippen molar-refractivity contribution in [3.8, 4) is 0 Å². The van der Waals surface area contributed by atoms with Gasteiger partial charge in [-0.15, -0.1) is 5.10 Å². The molecule has 0 radical (unpaired) electrons. The van der Waals surface area contributed by atoms with Crippen molar-refractivity contribution < 1.29 is 5.21 Å². The summed E-state index contributed by atoms with van der Waals surface area (Å²) in [4.78, 5) is 6.40. The summed E-state index contributed by atoms with van der Waals surface area (Å²) in [5, 5.41) is 19.9. The van der Waals surface area contributed by atoms with Gasteiger partial charge in [0.1, 0.15) is 5.84 Å². The monoisotopic (exact) mass is 266 g/mol. The molecule has 1 heterocycles. The topological polar surface area (TPSA) is 101 Å². The molecule has 7 heteroatoms. The Morgan fingerprint density at radius 1 is 1.32 bits per heavy atom. The van der Waals surface area contributed by atoms with Gasteiger partial charge in [0.05, 0.1) is 11.4 Å². The third kappa shape index (κ3) is 3.77. The van der Waals surface area contributed by atoms with Crippen molar-refractivity contribution >= 4 is 11.8 Å². The molecule has 1 aromatic heterocycles. The first-order valence-corrected chi connectivity index (χ1v) is 6.45. The lowest BCUT2D eigenvalue weighted by atomic mass is 10.2. The summed E-state index contributed by atoms with van der Waals surface area (Å²) in [5.41, 5.74) is 7.41. The number of aromatic nitrogens is 3. The van der Waals surface area contributed by atoms with Gasteiger partial charge in [0.25, 0.3) is 0 Å². The molecule has 0 saturated heterocycles.